The van der Waals surface area contributed by atoms with Gasteiger partial charge in [0.1, 0.15) is 0 Å². The van der Waals surface area contributed by atoms with Crippen LogP contribution in [0.15, 0.2) is 30.3 Å². The maximum Gasteiger partial charge on any atom is 0.220 e. The van der Waals surface area contributed by atoms with Crippen LogP contribution in [-0.4, -0.2) is 25.0 Å². The van der Waals surface area contributed by atoms with Crippen LogP contribution < -0.4 is 10.6 Å². The number of carbonyl (C=O) groups is 1. The van der Waals surface area contributed by atoms with E-state index in [1.807, 2.05) is 6.07 Å². The van der Waals surface area contributed by atoms with E-state index in [9.17, 15) is 4.79 Å². The fourth-order valence-corrected chi connectivity index (χ4v) is 2.73. The van der Waals surface area contributed by atoms with Crippen molar-refractivity contribution in [2.24, 2.45) is 0 Å². The Morgan fingerprint density at radius 1 is 1.25 bits per heavy atom. The highest BCUT2D eigenvalue weighted by Crippen LogP contribution is 2.11. The zero-order chi connectivity index (χ0) is 14.0. The van der Waals surface area contributed by atoms with Gasteiger partial charge < -0.3 is 10.6 Å². The summed E-state index contributed by atoms with van der Waals surface area (Å²) in [6.45, 7) is 1.90. The molecule has 3 nitrogen and oxygen atoms in total. The molecule has 0 radical (unpaired) electrons. The number of hydrogen-bond acceptors (Lipinski definition) is 2. The number of hydrogen-bond donors (Lipinski definition) is 2. The molecule has 3 heteroatoms. The number of piperidine rings is 1. The van der Waals surface area contributed by atoms with Crippen LogP contribution in [0, 0.1) is 0 Å². The second kappa shape index (κ2) is 8.75. The van der Waals surface area contributed by atoms with Crippen molar-refractivity contribution in [2.75, 3.05) is 13.1 Å². The number of rotatable bonds is 7. The SMILES string of the molecule is O=C(CCC1CCCCN1)NCCCc1ccccc1. The molecule has 2 rings (SSSR count). The summed E-state index contributed by atoms with van der Waals surface area (Å²) in [5.41, 5.74) is 1.34. The second-order valence-corrected chi connectivity index (χ2v) is 5.62. The predicted molar refractivity (Wildman–Crippen MR) is 82.6 cm³/mol. The van der Waals surface area contributed by atoms with E-state index in [2.05, 4.69) is 34.9 Å². The quantitative estimate of drug-likeness (QED) is 0.751. The highest BCUT2D eigenvalue weighted by molar-refractivity contribution is 5.75. The molecule has 2 N–H and O–H groups in total. The molecule has 110 valence electrons. The lowest BCUT2D eigenvalue weighted by Crippen LogP contribution is -2.35. The van der Waals surface area contributed by atoms with Crippen molar-refractivity contribution in [3.63, 3.8) is 0 Å². The van der Waals surface area contributed by atoms with E-state index >= 15 is 0 Å². The van der Waals surface area contributed by atoms with Crippen molar-refractivity contribution in [3.05, 3.63) is 35.9 Å². The topological polar surface area (TPSA) is 41.1 Å². The van der Waals surface area contributed by atoms with E-state index in [4.69, 9.17) is 0 Å². The van der Waals surface area contributed by atoms with E-state index in [0.29, 0.717) is 12.5 Å². The normalized spacial score (nSPS) is 18.7. The standard InChI is InChI=1S/C17H26N2O/c20-17(12-11-16-10-4-5-13-18-16)19-14-6-9-15-7-2-1-3-8-15/h1-3,7-8,16,18H,4-6,9-14H2,(H,19,20). The van der Waals surface area contributed by atoms with Gasteiger partial charge in [-0.25, -0.2) is 0 Å². The Morgan fingerprint density at radius 3 is 2.85 bits per heavy atom. The van der Waals surface area contributed by atoms with Gasteiger partial charge in [-0.1, -0.05) is 36.8 Å². The van der Waals surface area contributed by atoms with Crippen LogP contribution in [0.25, 0.3) is 0 Å². The summed E-state index contributed by atoms with van der Waals surface area (Å²) in [6.07, 6.45) is 7.48. The van der Waals surface area contributed by atoms with Crippen molar-refractivity contribution >= 4 is 5.91 Å². The third-order valence-electron chi connectivity index (χ3n) is 3.94. The Kier molecular flexibility index (Phi) is 6.58. The van der Waals surface area contributed by atoms with E-state index in [-0.39, 0.29) is 5.91 Å². The maximum absolute atomic E-state index is 11.8. The minimum atomic E-state index is 0.199. The minimum Gasteiger partial charge on any atom is -0.356 e. The summed E-state index contributed by atoms with van der Waals surface area (Å²) in [5.74, 6) is 0.199. The van der Waals surface area contributed by atoms with Gasteiger partial charge in [-0.05, 0) is 44.2 Å². The highest BCUT2D eigenvalue weighted by Gasteiger charge is 2.13. The van der Waals surface area contributed by atoms with Crippen molar-refractivity contribution in [3.8, 4) is 0 Å². The molecule has 20 heavy (non-hydrogen) atoms. The number of benzene rings is 1. The molecule has 1 heterocycles. The molecule has 1 aromatic rings. The van der Waals surface area contributed by atoms with Crippen molar-refractivity contribution < 1.29 is 4.79 Å². The van der Waals surface area contributed by atoms with Gasteiger partial charge in [0, 0.05) is 19.0 Å². The van der Waals surface area contributed by atoms with Gasteiger partial charge in [0.2, 0.25) is 5.91 Å². The maximum atomic E-state index is 11.8. The Morgan fingerprint density at radius 2 is 2.10 bits per heavy atom. The van der Waals surface area contributed by atoms with Gasteiger partial charge in [-0.15, -0.1) is 0 Å². The Bertz CT molecular complexity index is 385. The van der Waals surface area contributed by atoms with Crippen LogP contribution in [0.5, 0.6) is 0 Å². The molecule has 0 aliphatic carbocycles. The summed E-state index contributed by atoms with van der Waals surface area (Å²) in [6, 6.07) is 11.0. The molecule has 1 aliphatic heterocycles. The smallest absolute Gasteiger partial charge is 0.220 e. The monoisotopic (exact) mass is 274 g/mol. The van der Waals surface area contributed by atoms with Gasteiger partial charge in [-0.2, -0.15) is 0 Å². The molecule has 1 atom stereocenters. The molecule has 0 bridgehead atoms. The first-order chi connectivity index (χ1) is 9.84. The van der Waals surface area contributed by atoms with Gasteiger partial charge in [0.05, 0.1) is 0 Å². The van der Waals surface area contributed by atoms with Crippen molar-refractivity contribution in [1.82, 2.24) is 10.6 Å². The average molecular weight is 274 g/mol. The third-order valence-corrected chi connectivity index (χ3v) is 3.94. The number of nitrogens with one attached hydrogen (secondary N) is 2. The molecule has 0 aromatic heterocycles. The number of carbonyl (C=O) groups excluding carboxylic acids is 1. The van der Waals surface area contributed by atoms with Gasteiger partial charge >= 0.3 is 0 Å². The molecule has 1 amide bonds. The van der Waals surface area contributed by atoms with E-state index in [0.717, 1.165) is 32.4 Å². The lowest BCUT2D eigenvalue weighted by Gasteiger charge is -2.23. The molecule has 1 unspecified atom stereocenters. The van der Waals surface area contributed by atoms with Crippen LogP contribution in [0.1, 0.15) is 44.1 Å². The molecule has 0 saturated carbocycles. The predicted octanol–water partition coefficient (Wildman–Crippen LogP) is 2.66. The van der Waals surface area contributed by atoms with Crippen LogP contribution in [0.4, 0.5) is 0 Å². The first kappa shape index (κ1) is 15.0. The lowest BCUT2D eigenvalue weighted by atomic mass is 10.0. The first-order valence-electron chi connectivity index (χ1n) is 7.88. The van der Waals surface area contributed by atoms with Crippen molar-refractivity contribution in [1.29, 1.82) is 0 Å². The number of aryl methyl sites for hydroxylation is 1. The summed E-state index contributed by atoms with van der Waals surface area (Å²) in [4.78, 5) is 11.8. The van der Waals surface area contributed by atoms with E-state index in [1.54, 1.807) is 0 Å². The Balaban J connectivity index is 1.51. The summed E-state index contributed by atoms with van der Waals surface area (Å²) in [5, 5.41) is 6.51. The van der Waals surface area contributed by atoms with Gasteiger partial charge in [-0.3, -0.25) is 4.79 Å². The summed E-state index contributed by atoms with van der Waals surface area (Å²) >= 11 is 0. The zero-order valence-electron chi connectivity index (χ0n) is 12.2. The molecule has 1 saturated heterocycles. The molecular weight excluding hydrogens is 248 g/mol. The average Bonchev–Trinajstić information content (AvgIpc) is 2.52. The first-order valence-corrected chi connectivity index (χ1v) is 7.88. The van der Waals surface area contributed by atoms with Gasteiger partial charge in [0.25, 0.3) is 0 Å². The Labute approximate surface area is 122 Å². The van der Waals surface area contributed by atoms with E-state index in [1.165, 1.54) is 24.8 Å². The van der Waals surface area contributed by atoms with E-state index < -0.39 is 0 Å². The Hall–Kier alpha value is -1.35. The third kappa shape index (κ3) is 5.74. The molecule has 0 spiro atoms. The van der Waals surface area contributed by atoms with Crippen molar-refractivity contribution in [2.45, 2.75) is 51.0 Å². The van der Waals surface area contributed by atoms with Crippen LogP contribution >= 0.6 is 0 Å². The van der Waals surface area contributed by atoms with Crippen LogP contribution in [-0.2, 0) is 11.2 Å². The fraction of sp³-hybridized carbons (Fsp3) is 0.588. The summed E-state index contributed by atoms with van der Waals surface area (Å²) in [7, 11) is 0. The molecule has 1 aromatic carbocycles. The summed E-state index contributed by atoms with van der Waals surface area (Å²) < 4.78 is 0. The number of amides is 1. The highest BCUT2D eigenvalue weighted by atomic mass is 16.1. The fourth-order valence-electron chi connectivity index (χ4n) is 2.73. The zero-order valence-corrected chi connectivity index (χ0v) is 12.2. The molecular formula is C17H26N2O. The lowest BCUT2D eigenvalue weighted by molar-refractivity contribution is -0.121. The largest absolute Gasteiger partial charge is 0.356 e. The van der Waals surface area contributed by atoms with Crippen LogP contribution in [0.2, 0.25) is 0 Å². The minimum absolute atomic E-state index is 0.199. The van der Waals surface area contributed by atoms with Gasteiger partial charge in [0.15, 0.2) is 0 Å². The second-order valence-electron chi connectivity index (χ2n) is 5.62. The van der Waals surface area contributed by atoms with Crippen LogP contribution in [0.3, 0.4) is 0 Å². The molecule has 1 aliphatic rings. The molecule has 1 fully saturated rings.